The second-order valence-corrected chi connectivity index (χ2v) is 5.80. The molecule has 1 atom stereocenters. The van der Waals surface area contributed by atoms with Crippen molar-refractivity contribution >= 4 is 27.3 Å². The van der Waals surface area contributed by atoms with Gasteiger partial charge in [-0.15, -0.1) is 11.3 Å². The lowest BCUT2D eigenvalue weighted by atomic mass is 10.1. The quantitative estimate of drug-likeness (QED) is 0.767. The van der Waals surface area contributed by atoms with Crippen LogP contribution in [0.4, 0.5) is 0 Å². The van der Waals surface area contributed by atoms with Crippen molar-refractivity contribution in [1.29, 1.82) is 0 Å². The molecular formula is C14H15BrO2S. The van der Waals surface area contributed by atoms with Gasteiger partial charge in [-0.2, -0.15) is 0 Å². The van der Waals surface area contributed by atoms with Crippen molar-refractivity contribution in [3.63, 3.8) is 0 Å². The largest absolute Gasteiger partial charge is 0.497 e. The van der Waals surface area contributed by atoms with Gasteiger partial charge < -0.3 is 9.47 Å². The number of hydrogen-bond donors (Lipinski definition) is 0. The van der Waals surface area contributed by atoms with E-state index in [1.165, 1.54) is 10.4 Å². The predicted molar refractivity (Wildman–Crippen MR) is 79.4 cm³/mol. The second-order valence-electron chi connectivity index (χ2n) is 3.94. The monoisotopic (exact) mass is 326 g/mol. The van der Waals surface area contributed by atoms with E-state index < -0.39 is 0 Å². The summed E-state index contributed by atoms with van der Waals surface area (Å²) < 4.78 is 10.7. The number of alkyl halides is 1. The van der Waals surface area contributed by atoms with Crippen LogP contribution in [0, 0.1) is 6.92 Å². The summed E-state index contributed by atoms with van der Waals surface area (Å²) in [5, 5.41) is 2.11. The molecule has 96 valence electrons. The van der Waals surface area contributed by atoms with Crippen molar-refractivity contribution in [2.75, 3.05) is 14.2 Å². The number of methoxy groups -OCH3 is 2. The fraction of sp³-hybridized carbons (Fsp3) is 0.286. The number of ether oxygens (including phenoxy) is 2. The first-order valence-corrected chi connectivity index (χ1v) is 7.37. The molecule has 1 aromatic carbocycles. The second kappa shape index (κ2) is 5.76. The van der Waals surface area contributed by atoms with Crippen molar-refractivity contribution in [3.8, 4) is 11.5 Å². The van der Waals surface area contributed by atoms with E-state index in [0.717, 1.165) is 17.1 Å². The first-order valence-electron chi connectivity index (χ1n) is 5.57. The summed E-state index contributed by atoms with van der Waals surface area (Å²) in [5.74, 6) is 1.64. The van der Waals surface area contributed by atoms with Crippen LogP contribution in [0.25, 0.3) is 0 Å². The Morgan fingerprint density at radius 2 is 1.94 bits per heavy atom. The van der Waals surface area contributed by atoms with Gasteiger partial charge in [-0.1, -0.05) is 22.0 Å². The normalized spacial score (nSPS) is 12.2. The Bertz CT molecular complexity index is 536. The summed E-state index contributed by atoms with van der Waals surface area (Å²) in [7, 11) is 3.34. The van der Waals surface area contributed by atoms with Crippen LogP contribution in [0.15, 0.2) is 29.6 Å². The highest BCUT2D eigenvalue weighted by atomic mass is 79.9. The van der Waals surface area contributed by atoms with Crippen molar-refractivity contribution < 1.29 is 9.47 Å². The molecule has 0 bridgehead atoms. The minimum atomic E-state index is 0.151. The van der Waals surface area contributed by atoms with Crippen molar-refractivity contribution in [3.05, 3.63) is 45.6 Å². The average Bonchev–Trinajstić information content (AvgIpc) is 2.83. The van der Waals surface area contributed by atoms with Gasteiger partial charge in [0.25, 0.3) is 0 Å². The van der Waals surface area contributed by atoms with Crippen LogP contribution in [0.5, 0.6) is 11.5 Å². The highest BCUT2D eigenvalue weighted by Gasteiger charge is 2.18. The van der Waals surface area contributed by atoms with Gasteiger partial charge in [-0.3, -0.25) is 0 Å². The lowest BCUT2D eigenvalue weighted by Crippen LogP contribution is -1.97. The standard InChI is InChI=1S/C14H15BrO2S/c1-9-6-7-18-14(9)13(15)11-5-4-10(16-2)8-12(11)17-3/h4-8,13H,1-3H3. The molecule has 0 amide bonds. The summed E-state index contributed by atoms with van der Waals surface area (Å²) in [6.07, 6.45) is 0. The van der Waals surface area contributed by atoms with Crippen LogP contribution >= 0.6 is 27.3 Å². The zero-order valence-corrected chi connectivity index (χ0v) is 13.0. The maximum Gasteiger partial charge on any atom is 0.127 e. The Kier molecular flexibility index (Phi) is 4.30. The lowest BCUT2D eigenvalue weighted by molar-refractivity contribution is 0.391. The zero-order valence-electron chi connectivity index (χ0n) is 10.6. The number of benzene rings is 1. The smallest absolute Gasteiger partial charge is 0.127 e. The molecule has 1 unspecified atom stereocenters. The Balaban J connectivity index is 2.41. The van der Waals surface area contributed by atoms with Crippen molar-refractivity contribution in [1.82, 2.24) is 0 Å². The van der Waals surface area contributed by atoms with Gasteiger partial charge in [-0.25, -0.2) is 0 Å². The molecule has 0 fully saturated rings. The van der Waals surface area contributed by atoms with Gasteiger partial charge in [0.1, 0.15) is 11.5 Å². The lowest BCUT2D eigenvalue weighted by Gasteiger charge is -2.15. The minimum Gasteiger partial charge on any atom is -0.497 e. The van der Waals surface area contributed by atoms with Crippen LogP contribution in [0.3, 0.4) is 0 Å². The molecule has 0 aliphatic carbocycles. The molecule has 0 N–H and O–H groups in total. The predicted octanol–water partition coefficient (Wildman–Crippen LogP) is 4.56. The molecule has 18 heavy (non-hydrogen) atoms. The fourth-order valence-corrected chi connectivity index (χ4v) is 3.80. The molecule has 0 radical (unpaired) electrons. The van der Waals surface area contributed by atoms with E-state index in [4.69, 9.17) is 9.47 Å². The molecule has 0 spiro atoms. The van der Waals surface area contributed by atoms with Crippen LogP contribution in [0.1, 0.15) is 20.8 Å². The molecule has 2 rings (SSSR count). The van der Waals surface area contributed by atoms with Gasteiger partial charge in [0, 0.05) is 16.5 Å². The minimum absolute atomic E-state index is 0.151. The summed E-state index contributed by atoms with van der Waals surface area (Å²) in [5.41, 5.74) is 2.41. The first kappa shape index (κ1) is 13.4. The number of halogens is 1. The molecule has 0 aliphatic heterocycles. The summed E-state index contributed by atoms with van der Waals surface area (Å²) in [6, 6.07) is 8.03. The molecule has 1 aromatic heterocycles. The third-order valence-corrected chi connectivity index (χ3v) is 5.18. The highest BCUT2D eigenvalue weighted by molar-refractivity contribution is 9.09. The molecule has 1 heterocycles. The topological polar surface area (TPSA) is 18.5 Å². The van der Waals surface area contributed by atoms with Crippen molar-refractivity contribution in [2.45, 2.75) is 11.8 Å². The first-order chi connectivity index (χ1) is 8.67. The number of rotatable bonds is 4. The number of thiophene rings is 1. The maximum atomic E-state index is 5.44. The van der Waals surface area contributed by atoms with Gasteiger partial charge in [-0.05, 0) is 30.0 Å². The van der Waals surface area contributed by atoms with E-state index >= 15 is 0 Å². The zero-order chi connectivity index (χ0) is 13.1. The Hall–Kier alpha value is -1.00. The third kappa shape index (κ3) is 2.54. The summed E-state index contributed by atoms with van der Waals surface area (Å²) in [6.45, 7) is 2.12. The van der Waals surface area contributed by atoms with Crippen LogP contribution in [-0.2, 0) is 0 Å². The van der Waals surface area contributed by atoms with E-state index in [-0.39, 0.29) is 4.83 Å². The molecular weight excluding hydrogens is 312 g/mol. The Morgan fingerprint density at radius 1 is 1.17 bits per heavy atom. The summed E-state index contributed by atoms with van der Waals surface area (Å²) >= 11 is 5.50. The summed E-state index contributed by atoms with van der Waals surface area (Å²) in [4.78, 5) is 1.46. The van der Waals surface area contributed by atoms with E-state index in [1.807, 2.05) is 18.2 Å². The third-order valence-electron chi connectivity index (χ3n) is 2.85. The van der Waals surface area contributed by atoms with E-state index in [2.05, 4.69) is 34.3 Å². The van der Waals surface area contributed by atoms with Gasteiger partial charge in [0.05, 0.1) is 19.0 Å². The average molecular weight is 327 g/mol. The number of aryl methyl sites for hydroxylation is 1. The van der Waals surface area contributed by atoms with Gasteiger partial charge in [0.2, 0.25) is 0 Å². The Labute approximate surface area is 120 Å². The molecule has 0 aliphatic rings. The van der Waals surface area contributed by atoms with Crippen LogP contribution in [0.2, 0.25) is 0 Å². The van der Waals surface area contributed by atoms with Crippen LogP contribution < -0.4 is 9.47 Å². The molecule has 2 aromatic rings. The fourth-order valence-electron chi connectivity index (χ4n) is 1.81. The highest BCUT2D eigenvalue weighted by Crippen LogP contribution is 2.41. The van der Waals surface area contributed by atoms with Gasteiger partial charge in [0.15, 0.2) is 0 Å². The van der Waals surface area contributed by atoms with E-state index in [1.54, 1.807) is 25.6 Å². The van der Waals surface area contributed by atoms with E-state index in [9.17, 15) is 0 Å². The maximum absolute atomic E-state index is 5.44. The molecule has 2 nitrogen and oxygen atoms in total. The molecule has 4 heteroatoms. The van der Waals surface area contributed by atoms with Gasteiger partial charge >= 0.3 is 0 Å². The molecule has 0 saturated heterocycles. The van der Waals surface area contributed by atoms with Crippen molar-refractivity contribution in [2.24, 2.45) is 0 Å². The Morgan fingerprint density at radius 3 is 2.50 bits per heavy atom. The van der Waals surface area contributed by atoms with E-state index in [0.29, 0.717) is 0 Å². The van der Waals surface area contributed by atoms with Crippen LogP contribution in [-0.4, -0.2) is 14.2 Å². The number of hydrogen-bond acceptors (Lipinski definition) is 3. The molecule has 0 saturated carbocycles. The SMILES string of the molecule is COc1ccc(C(Br)c2sccc2C)c(OC)c1.